The van der Waals surface area contributed by atoms with Crippen molar-refractivity contribution in [2.45, 2.75) is 37.4 Å². The number of rotatable bonds is 2. The van der Waals surface area contributed by atoms with Crippen LogP contribution in [0.3, 0.4) is 0 Å². The first-order valence-electron chi connectivity index (χ1n) is 8.43. The number of carbonyl (C=O) groups excluding carboxylic acids is 1. The number of aliphatic hydroxyl groups excluding tert-OH is 1. The summed E-state index contributed by atoms with van der Waals surface area (Å²) < 4.78 is 0. The molecular formula is C20H20N2O2. The standard InChI is InChI=1S/C20H20N2O2/c23-9-1-2-13-3-4-14-5-6-15(11-16(14)10-13)20(24)22-19-12-17-7-8-18(19)21-17/h3-6,10-11,17-19,21,23H,7-9,12H2,(H,22,24)/t17-,18+,19-/m1/s1. The molecule has 4 nitrogen and oxygen atoms in total. The fourth-order valence-electron chi connectivity index (χ4n) is 3.84. The summed E-state index contributed by atoms with van der Waals surface area (Å²) >= 11 is 0. The zero-order chi connectivity index (χ0) is 16.5. The van der Waals surface area contributed by atoms with Crippen LogP contribution >= 0.6 is 0 Å². The highest BCUT2D eigenvalue weighted by molar-refractivity contribution is 5.99. The number of aliphatic hydroxyl groups is 1. The van der Waals surface area contributed by atoms with Gasteiger partial charge in [-0.25, -0.2) is 0 Å². The van der Waals surface area contributed by atoms with Crippen molar-refractivity contribution >= 4 is 16.7 Å². The average Bonchev–Trinajstić information content (AvgIpc) is 3.22. The van der Waals surface area contributed by atoms with Crippen LogP contribution in [-0.4, -0.2) is 35.7 Å². The minimum Gasteiger partial charge on any atom is -0.384 e. The molecule has 1 amide bonds. The Bertz CT molecular complexity index is 850. The molecule has 2 aliphatic heterocycles. The third kappa shape index (κ3) is 2.89. The van der Waals surface area contributed by atoms with Crippen LogP contribution in [0.5, 0.6) is 0 Å². The zero-order valence-electron chi connectivity index (χ0n) is 13.4. The van der Waals surface area contributed by atoms with Gasteiger partial charge in [-0.2, -0.15) is 0 Å². The Morgan fingerprint density at radius 1 is 1.21 bits per heavy atom. The van der Waals surface area contributed by atoms with Gasteiger partial charge in [-0.3, -0.25) is 4.79 Å². The maximum Gasteiger partial charge on any atom is 0.251 e. The summed E-state index contributed by atoms with van der Waals surface area (Å²) in [6.07, 6.45) is 3.41. The molecule has 2 fully saturated rings. The smallest absolute Gasteiger partial charge is 0.251 e. The van der Waals surface area contributed by atoms with Gasteiger partial charge in [0.25, 0.3) is 5.91 Å². The number of hydrogen-bond acceptors (Lipinski definition) is 3. The van der Waals surface area contributed by atoms with Crippen LogP contribution in [0.4, 0.5) is 0 Å². The lowest BCUT2D eigenvalue weighted by molar-refractivity contribution is 0.0931. The lowest BCUT2D eigenvalue weighted by Gasteiger charge is -2.21. The molecular weight excluding hydrogens is 300 g/mol. The van der Waals surface area contributed by atoms with Gasteiger partial charge in [0.2, 0.25) is 0 Å². The maximum absolute atomic E-state index is 12.6. The van der Waals surface area contributed by atoms with Crippen LogP contribution < -0.4 is 10.6 Å². The van der Waals surface area contributed by atoms with Crippen molar-refractivity contribution in [1.82, 2.24) is 10.6 Å². The van der Waals surface area contributed by atoms with E-state index in [1.54, 1.807) is 0 Å². The summed E-state index contributed by atoms with van der Waals surface area (Å²) in [5.74, 6) is 5.54. The highest BCUT2D eigenvalue weighted by Gasteiger charge is 2.39. The van der Waals surface area contributed by atoms with Crippen LogP contribution in [0.15, 0.2) is 36.4 Å². The largest absolute Gasteiger partial charge is 0.384 e. The van der Waals surface area contributed by atoms with E-state index in [0.29, 0.717) is 17.6 Å². The predicted octanol–water partition coefficient (Wildman–Crippen LogP) is 1.81. The maximum atomic E-state index is 12.6. The molecule has 2 aromatic rings. The summed E-state index contributed by atoms with van der Waals surface area (Å²) in [6, 6.07) is 12.9. The monoisotopic (exact) mass is 320 g/mol. The first-order chi connectivity index (χ1) is 11.7. The summed E-state index contributed by atoms with van der Waals surface area (Å²) in [7, 11) is 0. The fourth-order valence-corrected chi connectivity index (χ4v) is 3.84. The minimum absolute atomic E-state index is 0.0110. The van der Waals surface area contributed by atoms with Crippen LogP contribution in [0, 0.1) is 11.8 Å². The molecule has 4 rings (SSSR count). The first-order valence-corrected chi connectivity index (χ1v) is 8.43. The molecule has 122 valence electrons. The van der Waals surface area contributed by atoms with E-state index in [9.17, 15) is 4.79 Å². The average molecular weight is 320 g/mol. The van der Waals surface area contributed by atoms with Crippen LogP contribution in [0.25, 0.3) is 10.8 Å². The Morgan fingerprint density at radius 2 is 2.08 bits per heavy atom. The van der Waals surface area contributed by atoms with Gasteiger partial charge in [0.05, 0.1) is 0 Å². The van der Waals surface area contributed by atoms with E-state index in [1.165, 1.54) is 6.42 Å². The molecule has 3 atom stereocenters. The third-order valence-electron chi connectivity index (χ3n) is 5.03. The molecule has 24 heavy (non-hydrogen) atoms. The van der Waals surface area contributed by atoms with Gasteiger partial charge in [-0.05, 0) is 54.3 Å². The second-order valence-corrected chi connectivity index (χ2v) is 6.60. The van der Waals surface area contributed by atoms with Gasteiger partial charge >= 0.3 is 0 Å². The predicted molar refractivity (Wildman–Crippen MR) is 93.7 cm³/mol. The molecule has 0 saturated carbocycles. The van der Waals surface area contributed by atoms with E-state index in [4.69, 9.17) is 5.11 Å². The summed E-state index contributed by atoms with van der Waals surface area (Å²) in [5.41, 5.74) is 1.52. The van der Waals surface area contributed by atoms with E-state index in [2.05, 4.69) is 22.5 Å². The van der Waals surface area contributed by atoms with Crippen LogP contribution in [0.2, 0.25) is 0 Å². The molecule has 2 heterocycles. The highest BCUT2D eigenvalue weighted by Crippen LogP contribution is 2.28. The van der Waals surface area contributed by atoms with E-state index in [-0.39, 0.29) is 18.6 Å². The minimum atomic E-state index is -0.155. The van der Waals surface area contributed by atoms with Gasteiger partial charge in [-0.1, -0.05) is 24.0 Å². The number of amides is 1. The first kappa shape index (κ1) is 15.2. The van der Waals surface area contributed by atoms with Crippen LogP contribution in [-0.2, 0) is 0 Å². The van der Waals surface area contributed by atoms with Crippen molar-refractivity contribution in [1.29, 1.82) is 0 Å². The Hall–Kier alpha value is -2.35. The van der Waals surface area contributed by atoms with Crippen molar-refractivity contribution < 1.29 is 9.90 Å². The van der Waals surface area contributed by atoms with Crippen molar-refractivity contribution in [2.24, 2.45) is 0 Å². The van der Waals surface area contributed by atoms with Crippen molar-refractivity contribution in [3.05, 3.63) is 47.5 Å². The Labute approximate surface area is 141 Å². The summed E-state index contributed by atoms with van der Waals surface area (Å²) in [4.78, 5) is 12.6. The molecule has 2 aromatic carbocycles. The Kier molecular flexibility index (Phi) is 3.97. The van der Waals surface area contributed by atoms with Gasteiger partial charge < -0.3 is 15.7 Å². The van der Waals surface area contributed by atoms with Gasteiger partial charge in [0.15, 0.2) is 0 Å². The lowest BCUT2D eigenvalue weighted by Crippen LogP contribution is -2.42. The number of carbonyl (C=O) groups is 1. The molecule has 0 spiro atoms. The van der Waals surface area contributed by atoms with E-state index < -0.39 is 0 Å². The van der Waals surface area contributed by atoms with Gasteiger partial charge in [0, 0.05) is 29.3 Å². The molecule has 0 unspecified atom stereocenters. The Morgan fingerprint density at radius 3 is 2.83 bits per heavy atom. The summed E-state index contributed by atoms with van der Waals surface area (Å²) in [6.45, 7) is -0.155. The molecule has 0 aliphatic carbocycles. The SMILES string of the molecule is O=C(N[C@@H]1C[C@H]2CC[C@@H]1N2)c1ccc2ccc(C#CCO)cc2c1. The molecule has 2 saturated heterocycles. The number of fused-ring (bicyclic) bond motifs is 3. The van der Waals surface area contributed by atoms with Crippen molar-refractivity contribution in [2.75, 3.05) is 6.61 Å². The molecule has 4 heteroatoms. The fraction of sp³-hybridized carbons (Fsp3) is 0.350. The van der Waals surface area contributed by atoms with Crippen molar-refractivity contribution in [3.63, 3.8) is 0 Å². The van der Waals surface area contributed by atoms with Crippen LogP contribution in [0.1, 0.15) is 35.2 Å². The van der Waals surface area contributed by atoms with E-state index >= 15 is 0 Å². The molecule has 2 aliphatic rings. The topological polar surface area (TPSA) is 61.4 Å². The number of benzene rings is 2. The molecule has 3 N–H and O–H groups in total. The van der Waals surface area contributed by atoms with Gasteiger partial charge in [-0.15, -0.1) is 0 Å². The second-order valence-electron chi connectivity index (χ2n) is 6.60. The second kappa shape index (κ2) is 6.27. The van der Waals surface area contributed by atoms with E-state index in [1.807, 2.05) is 36.4 Å². The van der Waals surface area contributed by atoms with E-state index in [0.717, 1.165) is 29.2 Å². The summed E-state index contributed by atoms with van der Waals surface area (Å²) in [5, 5.41) is 17.6. The van der Waals surface area contributed by atoms with Crippen molar-refractivity contribution in [3.8, 4) is 11.8 Å². The van der Waals surface area contributed by atoms with Gasteiger partial charge in [0.1, 0.15) is 6.61 Å². The normalized spacial score (nSPS) is 24.6. The number of nitrogens with one attached hydrogen (secondary N) is 2. The quantitative estimate of drug-likeness (QED) is 0.740. The Balaban J connectivity index is 1.55. The highest BCUT2D eigenvalue weighted by atomic mass is 16.2. The lowest BCUT2D eigenvalue weighted by atomic mass is 9.95. The number of hydrogen-bond donors (Lipinski definition) is 3. The molecule has 0 aromatic heterocycles. The zero-order valence-corrected chi connectivity index (χ0v) is 13.4. The molecule has 2 bridgehead atoms. The third-order valence-corrected chi connectivity index (χ3v) is 5.03. The molecule has 0 radical (unpaired) electrons.